The second-order valence-corrected chi connectivity index (χ2v) is 5.32. The van der Waals surface area contributed by atoms with E-state index >= 15 is 0 Å². The first-order chi connectivity index (χ1) is 7.71. The minimum Gasteiger partial charge on any atom is -1.00 e. The third-order valence-electron chi connectivity index (χ3n) is 3.88. The van der Waals surface area contributed by atoms with Crippen molar-refractivity contribution in [3.63, 3.8) is 0 Å². The molecule has 2 aliphatic rings. The second-order valence-electron chi connectivity index (χ2n) is 5.32. The summed E-state index contributed by atoms with van der Waals surface area (Å²) >= 11 is 0. The quantitative estimate of drug-likeness (QED) is 0.585. The molecule has 2 aliphatic carbocycles. The fourth-order valence-corrected chi connectivity index (χ4v) is 2.58. The van der Waals surface area contributed by atoms with Gasteiger partial charge in [-0.05, 0) is 32.1 Å². The van der Waals surface area contributed by atoms with Crippen LogP contribution in [-0.4, -0.2) is 0 Å². The van der Waals surface area contributed by atoms with Gasteiger partial charge in [0.05, 0.1) is 0 Å². The van der Waals surface area contributed by atoms with Crippen molar-refractivity contribution in [2.45, 2.75) is 46.0 Å². The maximum Gasteiger partial charge on any atom is 1.00 e. The van der Waals surface area contributed by atoms with E-state index < -0.39 is 0 Å². The van der Waals surface area contributed by atoms with Crippen LogP contribution in [0.1, 0.15) is 48.8 Å². The fraction of sp³-hybridized carbons (Fsp3) is 0.500. The standard InChI is InChI=1S/C16H22.2K.2H/c1-16(2,15-12-8-9-13-15)14-10-6-4-3-5-7-11-14;;;;/h4,6,8-10,12H,3,5,7,11,13H2,1-2H3;;;;/q;2*+1;2*-1/b6-4-,14-10+;;;;. The number of rotatable bonds is 2. The average molecular weight is 295 g/mol. The van der Waals surface area contributed by atoms with Gasteiger partial charge >= 0.3 is 103 Å². The second kappa shape index (κ2) is 10.0. The van der Waals surface area contributed by atoms with E-state index in [0.717, 1.165) is 6.42 Å². The average Bonchev–Trinajstić information content (AvgIpc) is 2.68. The molecular formula is C16H24K2. The smallest absolute Gasteiger partial charge is 1.00 e. The van der Waals surface area contributed by atoms with E-state index in [1.807, 2.05) is 0 Å². The van der Waals surface area contributed by atoms with Crippen LogP contribution >= 0.6 is 0 Å². The van der Waals surface area contributed by atoms with Gasteiger partial charge in [0, 0.05) is 5.41 Å². The molecule has 0 fully saturated rings. The van der Waals surface area contributed by atoms with Gasteiger partial charge < -0.3 is 2.85 Å². The van der Waals surface area contributed by atoms with Crippen LogP contribution in [0, 0.1) is 5.41 Å². The van der Waals surface area contributed by atoms with Crippen molar-refractivity contribution in [2.75, 3.05) is 0 Å². The molecule has 0 radical (unpaired) electrons. The molecule has 0 aromatic carbocycles. The zero-order chi connectivity index (χ0) is 11.4. The molecule has 0 aliphatic heterocycles. The third-order valence-corrected chi connectivity index (χ3v) is 3.88. The van der Waals surface area contributed by atoms with E-state index in [-0.39, 0.29) is 111 Å². The molecule has 0 N–H and O–H groups in total. The summed E-state index contributed by atoms with van der Waals surface area (Å²) in [5.74, 6) is 0. The first kappa shape index (κ1) is 20.2. The summed E-state index contributed by atoms with van der Waals surface area (Å²) in [6, 6.07) is 0. The minimum atomic E-state index is 0. The van der Waals surface area contributed by atoms with Gasteiger partial charge in [-0.15, -0.1) is 0 Å². The predicted molar refractivity (Wildman–Crippen MR) is 73.5 cm³/mol. The van der Waals surface area contributed by atoms with Crippen LogP contribution in [0.5, 0.6) is 0 Å². The van der Waals surface area contributed by atoms with Crippen molar-refractivity contribution in [3.05, 3.63) is 47.6 Å². The molecule has 0 heterocycles. The molecule has 0 unspecified atom stereocenters. The summed E-state index contributed by atoms with van der Waals surface area (Å²) in [4.78, 5) is 0. The van der Waals surface area contributed by atoms with Gasteiger partial charge in [0.1, 0.15) is 0 Å². The maximum absolute atomic E-state index is 2.37. The molecule has 0 bridgehead atoms. The van der Waals surface area contributed by atoms with Gasteiger partial charge in [-0.2, -0.15) is 0 Å². The zero-order valence-electron chi connectivity index (χ0n) is 14.5. The predicted octanol–water partition coefficient (Wildman–Crippen LogP) is -0.811. The Bertz CT molecular complexity index is 380. The van der Waals surface area contributed by atoms with E-state index in [0.29, 0.717) is 0 Å². The molecule has 18 heavy (non-hydrogen) atoms. The number of hydrogen-bond acceptors (Lipinski definition) is 0. The Morgan fingerprint density at radius 1 is 0.944 bits per heavy atom. The van der Waals surface area contributed by atoms with Crippen molar-refractivity contribution in [1.29, 1.82) is 0 Å². The summed E-state index contributed by atoms with van der Waals surface area (Å²) in [5.41, 5.74) is 3.40. The molecule has 0 aromatic rings. The molecule has 0 atom stereocenters. The van der Waals surface area contributed by atoms with E-state index in [9.17, 15) is 0 Å². The molecule has 90 valence electrons. The first-order valence-electron chi connectivity index (χ1n) is 6.43. The Kier molecular flexibility index (Phi) is 11.3. The summed E-state index contributed by atoms with van der Waals surface area (Å²) in [6.45, 7) is 4.74. The summed E-state index contributed by atoms with van der Waals surface area (Å²) < 4.78 is 0. The van der Waals surface area contributed by atoms with Gasteiger partial charge in [0.15, 0.2) is 0 Å². The van der Waals surface area contributed by atoms with Crippen molar-refractivity contribution < 1.29 is 106 Å². The van der Waals surface area contributed by atoms with Gasteiger partial charge in [-0.1, -0.05) is 61.4 Å². The van der Waals surface area contributed by atoms with E-state index in [4.69, 9.17) is 0 Å². The Labute approximate surface area is 200 Å². The molecular weight excluding hydrogens is 270 g/mol. The van der Waals surface area contributed by atoms with Crippen LogP contribution in [-0.2, 0) is 0 Å². The number of allylic oxidation sites excluding steroid dienone is 8. The van der Waals surface area contributed by atoms with Gasteiger partial charge in [-0.25, -0.2) is 0 Å². The zero-order valence-corrected chi connectivity index (χ0v) is 18.7. The summed E-state index contributed by atoms with van der Waals surface area (Å²) in [5, 5.41) is 0. The molecule has 0 saturated carbocycles. The monoisotopic (exact) mass is 294 g/mol. The number of hydrogen-bond donors (Lipinski definition) is 0. The van der Waals surface area contributed by atoms with Crippen molar-refractivity contribution in [3.8, 4) is 0 Å². The minimum absolute atomic E-state index is 0. The van der Waals surface area contributed by atoms with E-state index in [1.165, 1.54) is 25.7 Å². The maximum atomic E-state index is 2.37. The third kappa shape index (κ3) is 5.55. The van der Waals surface area contributed by atoms with Crippen LogP contribution < -0.4 is 103 Å². The van der Waals surface area contributed by atoms with Crippen LogP contribution in [0.4, 0.5) is 0 Å². The molecule has 2 heteroatoms. The molecule has 0 nitrogen and oxygen atoms in total. The van der Waals surface area contributed by atoms with Crippen LogP contribution in [0.15, 0.2) is 47.6 Å². The van der Waals surface area contributed by atoms with Crippen LogP contribution in [0.3, 0.4) is 0 Å². The first-order valence-corrected chi connectivity index (χ1v) is 6.43. The molecule has 0 aromatic heterocycles. The SMILES string of the molecule is CC(C)(C1=CC=CC1)/C1=C/C=C\CCCC1.[H-].[H-].[K+].[K+]. The van der Waals surface area contributed by atoms with Crippen LogP contribution in [0.25, 0.3) is 0 Å². The Morgan fingerprint density at radius 3 is 2.28 bits per heavy atom. The van der Waals surface area contributed by atoms with Crippen LogP contribution in [0.2, 0.25) is 0 Å². The molecule has 0 spiro atoms. The Morgan fingerprint density at radius 2 is 1.61 bits per heavy atom. The Hall–Kier alpha value is 2.23. The van der Waals surface area contributed by atoms with Crippen molar-refractivity contribution >= 4 is 0 Å². The largest absolute Gasteiger partial charge is 1.00 e. The topological polar surface area (TPSA) is 0 Å². The molecule has 2 rings (SSSR count). The van der Waals surface area contributed by atoms with Gasteiger partial charge in [-0.3, -0.25) is 0 Å². The summed E-state index contributed by atoms with van der Waals surface area (Å²) in [7, 11) is 0. The van der Waals surface area contributed by atoms with Gasteiger partial charge in [0.25, 0.3) is 0 Å². The molecule has 0 amide bonds. The molecule has 0 saturated heterocycles. The van der Waals surface area contributed by atoms with Crippen molar-refractivity contribution in [2.24, 2.45) is 5.41 Å². The Balaban J connectivity index is -0.000000722. The van der Waals surface area contributed by atoms with E-state index in [1.54, 1.807) is 11.1 Å². The fourth-order valence-electron chi connectivity index (χ4n) is 2.58. The van der Waals surface area contributed by atoms with Crippen molar-refractivity contribution in [1.82, 2.24) is 0 Å². The summed E-state index contributed by atoms with van der Waals surface area (Å²) in [6.07, 6.45) is 19.9. The normalized spacial score (nSPS) is 23.7. The van der Waals surface area contributed by atoms with Gasteiger partial charge in [0.2, 0.25) is 0 Å². The van der Waals surface area contributed by atoms with E-state index in [2.05, 4.69) is 50.3 Å².